The number of hydrogen-bond donors (Lipinski definition) is 2. The van der Waals surface area contributed by atoms with Gasteiger partial charge >= 0.3 is 0 Å². The van der Waals surface area contributed by atoms with Gasteiger partial charge in [-0.3, -0.25) is 0 Å². The van der Waals surface area contributed by atoms with Crippen molar-refractivity contribution in [1.29, 1.82) is 0 Å². The van der Waals surface area contributed by atoms with E-state index in [1.54, 1.807) is 7.11 Å². The zero-order valence-corrected chi connectivity index (χ0v) is 30.2. The molecule has 7 aromatic rings. The van der Waals surface area contributed by atoms with Crippen molar-refractivity contribution in [1.82, 2.24) is 19.9 Å². The third kappa shape index (κ3) is 5.67. The lowest BCUT2D eigenvalue weighted by molar-refractivity contribution is 0.415. The van der Waals surface area contributed by atoms with Gasteiger partial charge in [0.1, 0.15) is 5.75 Å². The fourth-order valence-corrected chi connectivity index (χ4v) is 7.68. The van der Waals surface area contributed by atoms with Crippen LogP contribution >= 0.6 is 0 Å². The Morgan fingerprint density at radius 1 is 0.396 bits per heavy atom. The second kappa shape index (κ2) is 13.1. The molecule has 5 nitrogen and oxygen atoms in total. The first kappa shape index (κ1) is 32.2. The van der Waals surface area contributed by atoms with Crippen LogP contribution in [0.2, 0.25) is 0 Å². The van der Waals surface area contributed by atoms with Gasteiger partial charge in [0.05, 0.1) is 29.9 Å². The minimum absolute atomic E-state index is 0.804. The number of H-pyrrole nitrogens is 2. The third-order valence-corrected chi connectivity index (χ3v) is 10.4. The Labute approximate surface area is 309 Å². The minimum atomic E-state index is 0.804. The Bertz CT molecular complexity index is 2750. The van der Waals surface area contributed by atoms with Crippen LogP contribution in [0.5, 0.6) is 5.75 Å². The number of aromatic amines is 2. The number of methoxy groups -OCH3 is 1. The number of fused-ring (bicyclic) bond motifs is 8. The molecular formula is C48H38N4O. The summed E-state index contributed by atoms with van der Waals surface area (Å²) in [6.07, 6.45) is 8.59. The largest absolute Gasteiger partial charge is 0.497 e. The van der Waals surface area contributed by atoms with E-state index >= 15 is 0 Å². The Hall–Kier alpha value is -6.72. The smallest absolute Gasteiger partial charge is 0.118 e. The summed E-state index contributed by atoms with van der Waals surface area (Å²) in [7, 11) is 1.69. The van der Waals surface area contributed by atoms with Crippen LogP contribution in [0.4, 0.5) is 0 Å². The van der Waals surface area contributed by atoms with Crippen LogP contribution in [0.25, 0.3) is 90.9 Å². The molecule has 0 unspecified atom stereocenters. The van der Waals surface area contributed by atoms with E-state index < -0.39 is 0 Å². The molecule has 5 heteroatoms. The molecular weight excluding hydrogens is 649 g/mol. The molecule has 0 saturated carbocycles. The zero-order valence-electron chi connectivity index (χ0n) is 30.2. The van der Waals surface area contributed by atoms with Gasteiger partial charge in [-0.25, -0.2) is 9.97 Å². The molecule has 0 amide bonds. The Balaban J connectivity index is 1.49. The van der Waals surface area contributed by atoms with Crippen LogP contribution in [0.3, 0.4) is 0 Å². The predicted octanol–water partition coefficient (Wildman–Crippen LogP) is 12.3. The lowest BCUT2D eigenvalue weighted by Crippen LogP contribution is -1.92. The lowest BCUT2D eigenvalue weighted by atomic mass is 9.99. The molecule has 0 radical (unpaired) electrons. The normalized spacial score (nSPS) is 12.0. The summed E-state index contributed by atoms with van der Waals surface area (Å²) in [5.41, 5.74) is 19.6. The van der Waals surface area contributed by atoms with E-state index in [1.807, 2.05) is 12.1 Å². The van der Waals surface area contributed by atoms with Crippen LogP contribution < -0.4 is 4.74 Å². The van der Waals surface area contributed by atoms with Gasteiger partial charge in [0, 0.05) is 44.3 Å². The first-order chi connectivity index (χ1) is 26.0. The van der Waals surface area contributed by atoms with E-state index in [0.29, 0.717) is 0 Å². The topological polar surface area (TPSA) is 66.6 Å². The van der Waals surface area contributed by atoms with Gasteiger partial charge in [-0.15, -0.1) is 0 Å². The van der Waals surface area contributed by atoms with E-state index in [4.69, 9.17) is 14.7 Å². The second-order valence-corrected chi connectivity index (χ2v) is 13.7. The maximum absolute atomic E-state index is 5.54. The molecule has 53 heavy (non-hydrogen) atoms. The number of nitrogens with one attached hydrogen (secondary N) is 2. The van der Waals surface area contributed by atoms with Gasteiger partial charge in [-0.1, -0.05) is 84.9 Å². The summed E-state index contributed by atoms with van der Waals surface area (Å²) >= 11 is 0. The van der Waals surface area contributed by atoms with E-state index in [1.165, 1.54) is 16.7 Å². The molecule has 0 spiro atoms. The van der Waals surface area contributed by atoms with E-state index in [-0.39, 0.29) is 0 Å². The minimum Gasteiger partial charge on any atom is -0.497 e. The number of rotatable bonds is 5. The highest BCUT2D eigenvalue weighted by molar-refractivity contribution is 6.00. The molecule has 9 rings (SSSR count). The second-order valence-electron chi connectivity index (χ2n) is 13.7. The Kier molecular flexibility index (Phi) is 7.97. The number of benzene rings is 4. The van der Waals surface area contributed by atoms with E-state index in [2.05, 4.69) is 164 Å². The highest BCUT2D eigenvalue weighted by Crippen LogP contribution is 2.40. The highest BCUT2D eigenvalue weighted by Gasteiger charge is 2.20. The van der Waals surface area contributed by atoms with Crippen molar-refractivity contribution >= 4 is 46.4 Å². The molecule has 0 saturated heterocycles. The van der Waals surface area contributed by atoms with Gasteiger partial charge in [-0.2, -0.15) is 0 Å². The number of ether oxygens (including phenoxy) is 1. The molecule has 0 aliphatic carbocycles. The summed E-state index contributed by atoms with van der Waals surface area (Å²) in [4.78, 5) is 18.6. The van der Waals surface area contributed by atoms with Crippen LogP contribution in [0.15, 0.2) is 121 Å². The van der Waals surface area contributed by atoms with Gasteiger partial charge in [0.15, 0.2) is 0 Å². The van der Waals surface area contributed by atoms with Gasteiger partial charge in [0.25, 0.3) is 0 Å². The number of aromatic nitrogens is 4. The SMILES string of the molecule is COc1ccc(-c2c3nc(c(-c4ccccc4C)c4ccc([nH]4)c(-c4ccccc4C)c4nc(c(-c5ccccc5C)c5ccc2[nH]5)C=C4)C=C3)cc1. The van der Waals surface area contributed by atoms with Gasteiger partial charge in [0.2, 0.25) is 0 Å². The number of nitrogens with zero attached hydrogens (tertiary/aromatic N) is 2. The molecule has 3 aromatic heterocycles. The number of aryl methyl sites for hydroxylation is 3. The predicted molar refractivity (Wildman–Crippen MR) is 221 cm³/mol. The fourth-order valence-electron chi connectivity index (χ4n) is 7.68. The lowest BCUT2D eigenvalue weighted by Gasteiger charge is -2.10. The van der Waals surface area contributed by atoms with Crippen molar-refractivity contribution in [2.24, 2.45) is 0 Å². The van der Waals surface area contributed by atoms with Crippen LogP contribution in [0.1, 0.15) is 39.5 Å². The molecule has 0 fully saturated rings. The molecule has 2 aliphatic rings. The quantitative estimate of drug-likeness (QED) is 0.189. The summed E-state index contributed by atoms with van der Waals surface area (Å²) in [5.74, 6) is 0.804. The molecule has 8 bridgehead atoms. The summed E-state index contributed by atoms with van der Waals surface area (Å²) in [5, 5.41) is 0. The van der Waals surface area contributed by atoms with Crippen molar-refractivity contribution in [2.45, 2.75) is 20.8 Å². The first-order valence-electron chi connectivity index (χ1n) is 18.0. The van der Waals surface area contributed by atoms with Crippen molar-refractivity contribution in [3.05, 3.63) is 161 Å². The van der Waals surface area contributed by atoms with Crippen molar-refractivity contribution in [3.63, 3.8) is 0 Å². The summed E-state index contributed by atoms with van der Waals surface area (Å²) in [6.45, 7) is 6.48. The molecule has 4 aromatic carbocycles. The fraction of sp³-hybridized carbons (Fsp3) is 0.0833. The average Bonchev–Trinajstić information content (AvgIpc) is 4.02. The van der Waals surface area contributed by atoms with Crippen molar-refractivity contribution in [3.8, 4) is 50.3 Å². The standard InChI is InChI=1S/C48H38N4O/c1-29-11-5-8-14-34(29)46-39-23-21-37(49-39)45(32-17-19-33(53-4)20-18-32)38-22-24-40(50-38)47(35-15-9-6-12-30(35)2)42-26-28-44(52-42)48(43-27-25-41(46)51-43)36-16-10-7-13-31(36)3/h5-28,49,52H,1-4H3. The van der Waals surface area contributed by atoms with Gasteiger partial charge in [-0.05, 0) is 120 Å². The van der Waals surface area contributed by atoms with Crippen LogP contribution in [-0.4, -0.2) is 27.0 Å². The number of hydrogen-bond acceptors (Lipinski definition) is 3. The first-order valence-corrected chi connectivity index (χ1v) is 18.0. The molecule has 2 N–H and O–H groups in total. The Morgan fingerprint density at radius 2 is 0.736 bits per heavy atom. The monoisotopic (exact) mass is 686 g/mol. The van der Waals surface area contributed by atoms with Gasteiger partial charge < -0.3 is 14.7 Å². The van der Waals surface area contributed by atoms with E-state index in [9.17, 15) is 0 Å². The van der Waals surface area contributed by atoms with Crippen molar-refractivity contribution < 1.29 is 4.74 Å². The van der Waals surface area contributed by atoms with Crippen molar-refractivity contribution in [2.75, 3.05) is 7.11 Å². The summed E-state index contributed by atoms with van der Waals surface area (Å²) < 4.78 is 5.54. The van der Waals surface area contributed by atoms with E-state index in [0.717, 1.165) is 95.1 Å². The van der Waals surface area contributed by atoms with Crippen LogP contribution in [0, 0.1) is 20.8 Å². The maximum atomic E-state index is 5.54. The summed E-state index contributed by atoms with van der Waals surface area (Å²) in [6, 6.07) is 42.5. The average molecular weight is 687 g/mol. The zero-order chi connectivity index (χ0) is 36.1. The molecule has 256 valence electrons. The Morgan fingerprint density at radius 3 is 1.09 bits per heavy atom. The third-order valence-electron chi connectivity index (χ3n) is 10.4. The van der Waals surface area contributed by atoms with Crippen LogP contribution in [-0.2, 0) is 0 Å². The molecule has 2 aliphatic heterocycles. The maximum Gasteiger partial charge on any atom is 0.118 e. The molecule has 0 atom stereocenters. The highest BCUT2D eigenvalue weighted by atomic mass is 16.5. The molecule has 5 heterocycles.